The Labute approximate surface area is 331 Å². The molecule has 1 aliphatic carbocycles. The lowest BCUT2D eigenvalue weighted by atomic mass is 9.67. The Kier molecular flexibility index (Phi) is 7.42. The lowest BCUT2D eigenvalue weighted by Crippen LogP contribution is -2.29. The van der Waals surface area contributed by atoms with Crippen molar-refractivity contribution >= 4 is 44.7 Å². The third-order valence-electron chi connectivity index (χ3n) is 12.0. The zero-order valence-electron chi connectivity index (χ0n) is 31.5. The first-order valence-electron chi connectivity index (χ1n) is 19.5. The molecule has 0 aliphatic heterocycles. The summed E-state index contributed by atoms with van der Waals surface area (Å²) in [5.74, 6) is 0.684. The van der Waals surface area contributed by atoms with Crippen LogP contribution in [0, 0.1) is 0 Å². The van der Waals surface area contributed by atoms with Gasteiger partial charge >= 0.3 is 0 Å². The predicted molar refractivity (Wildman–Crippen MR) is 237 cm³/mol. The van der Waals surface area contributed by atoms with Crippen molar-refractivity contribution in [3.05, 3.63) is 222 Å². The third kappa shape index (κ3) is 4.71. The standard InChI is InChI=1S/C53H38N4/c1-2-14-45-46-21-13-34-55-52(46)57(51(45)54)40-30-26-36(27-31-40)35-24-28-39(29-25-35)56-48-23-12-10-20-42(48)44-33-32-43-41-19-9-11-22-47(41)53(49(43)50(44)56,37-15-5-3-6-16-37)38-17-7-4-8-18-38/h2-34H,54H2,1H3/b14-2-. The van der Waals surface area contributed by atoms with Gasteiger partial charge in [0, 0.05) is 44.9 Å². The van der Waals surface area contributed by atoms with Crippen LogP contribution in [0.3, 0.4) is 0 Å². The number of fused-ring (bicyclic) bond motifs is 8. The van der Waals surface area contributed by atoms with Gasteiger partial charge in [-0.3, -0.25) is 4.57 Å². The summed E-state index contributed by atoms with van der Waals surface area (Å²) in [5, 5.41) is 3.53. The van der Waals surface area contributed by atoms with Crippen LogP contribution in [-0.4, -0.2) is 14.1 Å². The highest BCUT2D eigenvalue weighted by Gasteiger charge is 2.48. The molecule has 11 rings (SSSR count). The number of hydrogen-bond acceptors (Lipinski definition) is 2. The van der Waals surface area contributed by atoms with E-state index >= 15 is 0 Å². The number of pyridine rings is 1. The fourth-order valence-corrected chi connectivity index (χ4v) is 9.62. The van der Waals surface area contributed by atoms with Crippen molar-refractivity contribution in [1.29, 1.82) is 0 Å². The van der Waals surface area contributed by atoms with Crippen molar-refractivity contribution < 1.29 is 0 Å². The van der Waals surface area contributed by atoms with Crippen molar-refractivity contribution in [3.8, 4) is 33.6 Å². The molecule has 0 saturated carbocycles. The summed E-state index contributed by atoms with van der Waals surface area (Å²) in [6.45, 7) is 2.01. The molecule has 2 N–H and O–H groups in total. The maximum absolute atomic E-state index is 6.74. The molecular weight excluding hydrogens is 693 g/mol. The molecule has 10 aromatic rings. The molecule has 0 bridgehead atoms. The number of nitrogens with two attached hydrogens (primary N) is 1. The molecule has 1 aliphatic rings. The first-order chi connectivity index (χ1) is 28.2. The van der Waals surface area contributed by atoms with E-state index in [2.05, 4.69) is 187 Å². The van der Waals surface area contributed by atoms with Gasteiger partial charge in [0.15, 0.2) is 0 Å². The monoisotopic (exact) mass is 730 g/mol. The van der Waals surface area contributed by atoms with Gasteiger partial charge in [-0.05, 0) is 88.3 Å². The quantitative estimate of drug-likeness (QED) is 0.185. The largest absolute Gasteiger partial charge is 0.384 e. The van der Waals surface area contributed by atoms with Gasteiger partial charge in [-0.2, -0.15) is 0 Å². The van der Waals surface area contributed by atoms with Crippen LogP contribution in [0.2, 0.25) is 0 Å². The van der Waals surface area contributed by atoms with Gasteiger partial charge in [-0.15, -0.1) is 0 Å². The van der Waals surface area contributed by atoms with Crippen LogP contribution in [0.1, 0.15) is 34.7 Å². The second kappa shape index (κ2) is 12.8. The van der Waals surface area contributed by atoms with E-state index in [4.69, 9.17) is 10.7 Å². The average Bonchev–Trinajstić information content (AvgIpc) is 3.88. The Morgan fingerprint density at radius 2 is 1.12 bits per heavy atom. The number of rotatable bonds is 6. The van der Waals surface area contributed by atoms with Crippen LogP contribution in [0.15, 0.2) is 194 Å². The number of benzene rings is 7. The number of allylic oxidation sites excluding steroid dienone is 1. The van der Waals surface area contributed by atoms with E-state index in [-0.39, 0.29) is 0 Å². The van der Waals surface area contributed by atoms with Gasteiger partial charge in [0.05, 0.1) is 16.4 Å². The molecule has 0 fully saturated rings. The van der Waals surface area contributed by atoms with Crippen molar-refractivity contribution in [2.24, 2.45) is 0 Å². The molecule has 0 saturated heterocycles. The summed E-state index contributed by atoms with van der Waals surface area (Å²) in [6, 6.07) is 66.4. The summed E-state index contributed by atoms with van der Waals surface area (Å²) in [4.78, 5) is 4.70. The maximum atomic E-state index is 6.74. The van der Waals surface area contributed by atoms with E-state index in [1.165, 1.54) is 55.2 Å². The molecule has 0 amide bonds. The summed E-state index contributed by atoms with van der Waals surface area (Å²) in [5.41, 5.74) is 22.5. The molecule has 0 spiro atoms. The molecule has 57 heavy (non-hydrogen) atoms. The van der Waals surface area contributed by atoms with Crippen LogP contribution >= 0.6 is 0 Å². The molecule has 0 radical (unpaired) electrons. The van der Waals surface area contributed by atoms with Crippen LogP contribution in [0.5, 0.6) is 0 Å². The summed E-state index contributed by atoms with van der Waals surface area (Å²) in [7, 11) is 0. The fourth-order valence-electron chi connectivity index (χ4n) is 9.62. The minimum atomic E-state index is -0.528. The molecule has 270 valence electrons. The Balaban J connectivity index is 1.10. The predicted octanol–water partition coefficient (Wildman–Crippen LogP) is 12.8. The SMILES string of the molecule is C/C=C\c1c(N)n(-c2ccc(-c3ccc(-n4c5ccccc5c5ccc6c(c54)C(c4ccccc4)(c4ccccc4)c4ccccc4-6)cc3)cc2)c2ncccc12. The second-order valence-corrected chi connectivity index (χ2v) is 14.9. The van der Waals surface area contributed by atoms with Crippen molar-refractivity contribution in [2.75, 3.05) is 5.73 Å². The van der Waals surface area contributed by atoms with Gasteiger partial charge in [0.25, 0.3) is 0 Å². The van der Waals surface area contributed by atoms with Crippen LogP contribution in [0.25, 0.3) is 72.5 Å². The van der Waals surface area contributed by atoms with Gasteiger partial charge in [-0.25, -0.2) is 4.98 Å². The van der Waals surface area contributed by atoms with Gasteiger partial charge in [0.2, 0.25) is 0 Å². The Morgan fingerprint density at radius 3 is 1.81 bits per heavy atom. The Bertz CT molecular complexity index is 3130. The van der Waals surface area contributed by atoms with Crippen LogP contribution in [0.4, 0.5) is 5.82 Å². The third-order valence-corrected chi connectivity index (χ3v) is 12.0. The highest BCUT2D eigenvalue weighted by atomic mass is 15.1. The number of anilines is 1. The summed E-state index contributed by atoms with van der Waals surface area (Å²) < 4.78 is 4.54. The number of nitrogens with zero attached hydrogens (tertiary/aromatic N) is 3. The van der Waals surface area contributed by atoms with E-state index in [1.54, 1.807) is 0 Å². The topological polar surface area (TPSA) is 48.8 Å². The van der Waals surface area contributed by atoms with Crippen LogP contribution in [-0.2, 0) is 5.41 Å². The highest BCUT2D eigenvalue weighted by Crippen LogP contribution is 2.59. The van der Waals surface area contributed by atoms with E-state index in [1.807, 2.05) is 29.8 Å². The number of nitrogen functional groups attached to an aromatic ring is 1. The van der Waals surface area contributed by atoms with Gasteiger partial charge in [-0.1, -0.05) is 152 Å². The highest BCUT2D eigenvalue weighted by molar-refractivity contribution is 6.14. The van der Waals surface area contributed by atoms with Crippen molar-refractivity contribution in [2.45, 2.75) is 12.3 Å². The second-order valence-electron chi connectivity index (χ2n) is 14.9. The number of para-hydroxylation sites is 1. The van der Waals surface area contributed by atoms with Gasteiger partial charge < -0.3 is 10.3 Å². The molecule has 4 nitrogen and oxygen atoms in total. The van der Waals surface area contributed by atoms with E-state index < -0.39 is 5.41 Å². The van der Waals surface area contributed by atoms with E-state index in [9.17, 15) is 0 Å². The van der Waals surface area contributed by atoms with Crippen molar-refractivity contribution in [1.82, 2.24) is 14.1 Å². The molecule has 3 heterocycles. The summed E-state index contributed by atoms with van der Waals surface area (Å²) >= 11 is 0. The minimum Gasteiger partial charge on any atom is -0.384 e. The molecular formula is C53H38N4. The molecule has 0 unspecified atom stereocenters. The smallest absolute Gasteiger partial charge is 0.146 e. The minimum absolute atomic E-state index is 0.528. The van der Waals surface area contributed by atoms with Crippen molar-refractivity contribution in [3.63, 3.8) is 0 Å². The lowest BCUT2D eigenvalue weighted by Gasteiger charge is -2.34. The summed E-state index contributed by atoms with van der Waals surface area (Å²) in [6.07, 6.45) is 5.89. The first kappa shape index (κ1) is 33.0. The van der Waals surface area contributed by atoms with E-state index in [0.29, 0.717) is 5.82 Å². The zero-order chi connectivity index (χ0) is 38.1. The molecule has 7 aromatic carbocycles. The van der Waals surface area contributed by atoms with Crippen LogP contribution < -0.4 is 5.73 Å². The van der Waals surface area contributed by atoms with Gasteiger partial charge in [0.1, 0.15) is 11.5 Å². The van der Waals surface area contributed by atoms with E-state index in [0.717, 1.165) is 39.1 Å². The number of aromatic nitrogens is 3. The maximum Gasteiger partial charge on any atom is 0.146 e. The number of hydrogen-bond donors (Lipinski definition) is 1. The Hall–Kier alpha value is -7.43. The molecule has 0 atom stereocenters. The molecule has 3 aromatic heterocycles. The Morgan fingerprint density at radius 1 is 0.526 bits per heavy atom. The fraction of sp³-hybridized carbons (Fsp3) is 0.0377. The lowest BCUT2D eigenvalue weighted by molar-refractivity contribution is 0.772. The first-order valence-corrected chi connectivity index (χ1v) is 19.5. The average molecular weight is 731 g/mol. The molecule has 4 heteroatoms. The normalized spacial score (nSPS) is 13.1. The zero-order valence-corrected chi connectivity index (χ0v) is 31.5.